The van der Waals surface area contributed by atoms with E-state index in [4.69, 9.17) is 4.74 Å². The summed E-state index contributed by atoms with van der Waals surface area (Å²) in [4.78, 5) is 22.4. The fraction of sp³-hybridized carbons (Fsp3) is 0.385. The fourth-order valence-electron chi connectivity index (χ4n) is 1.42. The molecule has 0 spiro atoms. The Kier molecular flexibility index (Phi) is 4.69. The predicted octanol–water partition coefficient (Wildman–Crippen LogP) is 1.71. The summed E-state index contributed by atoms with van der Waals surface area (Å²) in [7, 11) is 1.58. The molecule has 1 N–H and O–H groups in total. The lowest BCUT2D eigenvalue weighted by Gasteiger charge is -2.10. The van der Waals surface area contributed by atoms with Gasteiger partial charge >= 0.3 is 0 Å². The predicted molar refractivity (Wildman–Crippen MR) is 65.4 cm³/mol. The van der Waals surface area contributed by atoms with Gasteiger partial charge < -0.3 is 10.1 Å². The molecule has 0 atom stereocenters. The molecule has 0 heterocycles. The summed E-state index contributed by atoms with van der Waals surface area (Å²) in [5.41, 5.74) is 1.57. The quantitative estimate of drug-likeness (QED) is 0.790. The van der Waals surface area contributed by atoms with Crippen molar-refractivity contribution in [2.75, 3.05) is 13.7 Å². The first-order valence-corrected chi connectivity index (χ1v) is 5.49. The van der Waals surface area contributed by atoms with E-state index in [1.54, 1.807) is 19.2 Å². The van der Waals surface area contributed by atoms with Gasteiger partial charge in [-0.05, 0) is 31.5 Å². The number of aryl methyl sites for hydroxylation is 1. The smallest absolute Gasteiger partial charge is 0.223 e. The van der Waals surface area contributed by atoms with Crippen molar-refractivity contribution in [3.63, 3.8) is 0 Å². The highest BCUT2D eigenvalue weighted by Gasteiger charge is 2.09. The first-order valence-electron chi connectivity index (χ1n) is 5.49. The van der Waals surface area contributed by atoms with Gasteiger partial charge in [0, 0.05) is 7.05 Å². The van der Waals surface area contributed by atoms with Crippen molar-refractivity contribution < 1.29 is 14.3 Å². The van der Waals surface area contributed by atoms with Crippen molar-refractivity contribution in [2.24, 2.45) is 0 Å². The van der Waals surface area contributed by atoms with E-state index in [0.29, 0.717) is 11.3 Å². The second kappa shape index (κ2) is 6.03. The first kappa shape index (κ1) is 13.2. The molecule has 0 aliphatic carbocycles. The zero-order valence-corrected chi connectivity index (χ0v) is 10.4. The lowest BCUT2D eigenvalue weighted by atomic mass is 10.1. The number of hydrogen-bond donors (Lipinski definition) is 1. The van der Waals surface area contributed by atoms with Gasteiger partial charge in [-0.25, -0.2) is 0 Å². The van der Waals surface area contributed by atoms with Crippen LogP contribution in [0.15, 0.2) is 18.2 Å². The van der Waals surface area contributed by atoms with E-state index in [0.717, 1.165) is 5.56 Å². The van der Waals surface area contributed by atoms with Gasteiger partial charge in [0.05, 0.1) is 18.6 Å². The Balaban J connectivity index is 2.72. The minimum Gasteiger partial charge on any atom is -0.492 e. The van der Waals surface area contributed by atoms with E-state index in [1.165, 1.54) is 6.92 Å². The number of nitrogens with one attached hydrogen (secondary N) is 1. The van der Waals surface area contributed by atoms with Crippen LogP contribution in [0.5, 0.6) is 5.75 Å². The molecule has 17 heavy (non-hydrogen) atoms. The maximum Gasteiger partial charge on any atom is 0.223 e. The van der Waals surface area contributed by atoms with Crippen molar-refractivity contribution >= 4 is 11.7 Å². The highest BCUT2D eigenvalue weighted by Crippen LogP contribution is 2.20. The highest BCUT2D eigenvalue weighted by molar-refractivity contribution is 5.96. The van der Waals surface area contributed by atoms with Gasteiger partial charge in [-0.15, -0.1) is 0 Å². The number of amides is 1. The van der Waals surface area contributed by atoms with Gasteiger partial charge in [-0.3, -0.25) is 9.59 Å². The Labute approximate surface area is 101 Å². The molecule has 0 aliphatic heterocycles. The summed E-state index contributed by atoms with van der Waals surface area (Å²) in [6.07, 6.45) is 0.280. The zero-order chi connectivity index (χ0) is 12.8. The second-order valence-corrected chi connectivity index (χ2v) is 3.83. The van der Waals surface area contributed by atoms with Gasteiger partial charge in [0.25, 0.3) is 0 Å². The molecule has 1 aromatic rings. The number of Topliss-reactive ketones (excluding diaryl/α,β-unsaturated/α-hetero) is 1. The number of rotatable bonds is 5. The molecule has 0 unspecified atom stereocenters. The topological polar surface area (TPSA) is 55.4 Å². The molecule has 1 rings (SSSR count). The van der Waals surface area contributed by atoms with Crippen LogP contribution in [0.3, 0.4) is 0 Å². The SMILES string of the molecule is CNC(=O)CCOc1cc(C)ccc1C(C)=O. The van der Waals surface area contributed by atoms with E-state index >= 15 is 0 Å². The van der Waals surface area contributed by atoms with Crippen LogP contribution >= 0.6 is 0 Å². The minimum absolute atomic E-state index is 0.0417. The summed E-state index contributed by atoms with van der Waals surface area (Å²) < 4.78 is 5.47. The molecule has 4 nitrogen and oxygen atoms in total. The maximum absolute atomic E-state index is 11.4. The van der Waals surface area contributed by atoms with Crippen molar-refractivity contribution in [2.45, 2.75) is 20.3 Å². The summed E-state index contributed by atoms with van der Waals surface area (Å²) in [5.74, 6) is 0.420. The molecule has 0 saturated heterocycles. The Morgan fingerprint density at radius 1 is 1.35 bits per heavy atom. The first-order chi connectivity index (χ1) is 8.04. The molecule has 0 aromatic heterocycles. The molecule has 1 amide bonds. The van der Waals surface area contributed by atoms with Crippen LogP contribution in [-0.4, -0.2) is 25.3 Å². The molecule has 0 saturated carbocycles. The number of carbonyl (C=O) groups is 2. The van der Waals surface area contributed by atoms with Crippen LogP contribution in [0, 0.1) is 6.92 Å². The molecule has 0 bridgehead atoms. The normalized spacial score (nSPS) is 9.82. The third-order valence-electron chi connectivity index (χ3n) is 2.38. The van der Waals surface area contributed by atoms with Crippen molar-refractivity contribution in [1.29, 1.82) is 0 Å². The van der Waals surface area contributed by atoms with E-state index in [2.05, 4.69) is 5.32 Å². The van der Waals surface area contributed by atoms with E-state index in [9.17, 15) is 9.59 Å². The van der Waals surface area contributed by atoms with Crippen molar-refractivity contribution in [1.82, 2.24) is 5.32 Å². The Hall–Kier alpha value is -1.84. The molecule has 0 fully saturated rings. The third-order valence-corrected chi connectivity index (χ3v) is 2.38. The van der Waals surface area contributed by atoms with E-state index < -0.39 is 0 Å². The van der Waals surface area contributed by atoms with E-state index in [-0.39, 0.29) is 24.7 Å². The molecule has 0 aliphatic rings. The van der Waals surface area contributed by atoms with Gasteiger partial charge in [-0.1, -0.05) is 6.07 Å². The van der Waals surface area contributed by atoms with Crippen LogP contribution in [0.1, 0.15) is 29.3 Å². The van der Waals surface area contributed by atoms with Crippen LogP contribution < -0.4 is 10.1 Å². The molecule has 92 valence electrons. The van der Waals surface area contributed by atoms with Crippen molar-refractivity contribution in [3.05, 3.63) is 29.3 Å². The number of ether oxygens (including phenoxy) is 1. The average Bonchev–Trinajstić information content (AvgIpc) is 2.28. The Morgan fingerprint density at radius 2 is 2.06 bits per heavy atom. The standard InChI is InChI=1S/C13H17NO3/c1-9-4-5-11(10(2)15)12(8-9)17-7-6-13(16)14-3/h4-5,8H,6-7H2,1-3H3,(H,14,16). The van der Waals surface area contributed by atoms with Gasteiger partial charge in [0.1, 0.15) is 5.75 Å². The number of ketones is 1. The lowest BCUT2D eigenvalue weighted by Crippen LogP contribution is -2.20. The Bertz CT molecular complexity index is 427. The molecule has 0 radical (unpaired) electrons. The third kappa shape index (κ3) is 3.90. The lowest BCUT2D eigenvalue weighted by molar-refractivity contribution is -0.121. The highest BCUT2D eigenvalue weighted by atomic mass is 16.5. The molecule has 4 heteroatoms. The van der Waals surface area contributed by atoms with Crippen LogP contribution in [0.25, 0.3) is 0 Å². The Morgan fingerprint density at radius 3 is 2.65 bits per heavy atom. The molecular weight excluding hydrogens is 218 g/mol. The largest absolute Gasteiger partial charge is 0.492 e. The van der Waals surface area contributed by atoms with Crippen molar-refractivity contribution in [3.8, 4) is 5.75 Å². The second-order valence-electron chi connectivity index (χ2n) is 3.83. The van der Waals surface area contributed by atoms with Crippen LogP contribution in [0.2, 0.25) is 0 Å². The summed E-state index contributed by atoms with van der Waals surface area (Å²) >= 11 is 0. The van der Waals surface area contributed by atoms with Gasteiger partial charge in [-0.2, -0.15) is 0 Å². The molecular formula is C13H17NO3. The maximum atomic E-state index is 11.4. The summed E-state index contributed by atoms with van der Waals surface area (Å²) in [5, 5.41) is 2.51. The zero-order valence-electron chi connectivity index (χ0n) is 10.4. The average molecular weight is 235 g/mol. The van der Waals surface area contributed by atoms with Gasteiger partial charge in [0.2, 0.25) is 5.91 Å². The fourth-order valence-corrected chi connectivity index (χ4v) is 1.42. The van der Waals surface area contributed by atoms with Gasteiger partial charge in [0.15, 0.2) is 5.78 Å². The number of hydrogen-bond acceptors (Lipinski definition) is 3. The molecule has 1 aromatic carbocycles. The summed E-state index contributed by atoms with van der Waals surface area (Å²) in [6.45, 7) is 3.69. The number of carbonyl (C=O) groups excluding carboxylic acids is 2. The van der Waals surface area contributed by atoms with E-state index in [1.807, 2.05) is 13.0 Å². The van der Waals surface area contributed by atoms with Crippen LogP contribution in [-0.2, 0) is 4.79 Å². The monoisotopic (exact) mass is 235 g/mol. The minimum atomic E-state index is -0.0815. The summed E-state index contributed by atoms with van der Waals surface area (Å²) in [6, 6.07) is 5.41. The van der Waals surface area contributed by atoms with Crippen LogP contribution in [0.4, 0.5) is 0 Å². The number of benzene rings is 1.